The Morgan fingerprint density at radius 2 is 1.90 bits per heavy atom. The van der Waals surface area contributed by atoms with E-state index in [1.807, 2.05) is 26.8 Å². The fourth-order valence-corrected chi connectivity index (χ4v) is 2.94. The molecule has 0 spiro atoms. The molecule has 1 atom stereocenters. The molecule has 0 radical (unpaired) electrons. The van der Waals surface area contributed by atoms with Gasteiger partial charge in [-0.15, -0.1) is 11.8 Å². The summed E-state index contributed by atoms with van der Waals surface area (Å²) in [6.07, 6.45) is 0. The molecule has 110 valence electrons. The number of amides is 1. The van der Waals surface area contributed by atoms with Crippen LogP contribution in [0.3, 0.4) is 0 Å². The summed E-state index contributed by atoms with van der Waals surface area (Å²) in [6, 6.07) is 5.27. The summed E-state index contributed by atoms with van der Waals surface area (Å²) in [5, 5.41) is 8.89. The highest BCUT2D eigenvalue weighted by Gasteiger charge is 2.19. The molecule has 0 aliphatic heterocycles. The number of rotatable bonds is 6. The van der Waals surface area contributed by atoms with Gasteiger partial charge in [-0.3, -0.25) is 4.79 Å². The number of hydrogen-bond donors (Lipinski definition) is 1. The minimum absolute atomic E-state index is 0.0810. The Morgan fingerprint density at radius 1 is 1.30 bits per heavy atom. The molecule has 4 nitrogen and oxygen atoms in total. The molecule has 5 heteroatoms. The van der Waals surface area contributed by atoms with Gasteiger partial charge in [-0.25, -0.2) is 4.79 Å². The van der Waals surface area contributed by atoms with Gasteiger partial charge in [-0.2, -0.15) is 0 Å². The second kappa shape index (κ2) is 7.33. The number of aryl methyl sites for hydroxylation is 1. The third kappa shape index (κ3) is 4.00. The summed E-state index contributed by atoms with van der Waals surface area (Å²) >= 11 is 1.40. The lowest BCUT2D eigenvalue weighted by Crippen LogP contribution is -2.36. The predicted molar refractivity (Wildman–Crippen MR) is 81.4 cm³/mol. The molecule has 1 aromatic carbocycles. The molecule has 1 N–H and O–H groups in total. The van der Waals surface area contributed by atoms with E-state index in [1.165, 1.54) is 11.8 Å². The fourth-order valence-electron chi connectivity index (χ4n) is 1.95. The zero-order valence-electron chi connectivity index (χ0n) is 12.3. The van der Waals surface area contributed by atoms with Crippen LogP contribution in [0.2, 0.25) is 0 Å². The first kappa shape index (κ1) is 16.6. The molecule has 20 heavy (non-hydrogen) atoms. The number of carboxylic acids is 1. The summed E-state index contributed by atoms with van der Waals surface area (Å²) in [5.41, 5.74) is 1.02. The van der Waals surface area contributed by atoms with Gasteiger partial charge in [0.05, 0.1) is 10.8 Å². The first-order valence-electron chi connectivity index (χ1n) is 6.70. The quantitative estimate of drug-likeness (QED) is 0.820. The Kier molecular flexibility index (Phi) is 6.07. The van der Waals surface area contributed by atoms with Gasteiger partial charge >= 0.3 is 5.97 Å². The lowest BCUT2D eigenvalue weighted by atomic mass is 10.1. The zero-order valence-corrected chi connectivity index (χ0v) is 13.2. The van der Waals surface area contributed by atoms with E-state index in [0.717, 1.165) is 10.5 Å². The number of carbonyl (C=O) groups excluding carboxylic acids is 1. The lowest BCUT2D eigenvalue weighted by Gasteiger charge is -2.22. The van der Waals surface area contributed by atoms with Gasteiger partial charge in [0, 0.05) is 18.0 Å². The van der Waals surface area contributed by atoms with Crippen LogP contribution in [-0.4, -0.2) is 40.2 Å². The molecular weight excluding hydrogens is 274 g/mol. The van der Waals surface area contributed by atoms with Gasteiger partial charge in [0.2, 0.25) is 5.91 Å². The Morgan fingerprint density at radius 3 is 2.40 bits per heavy atom. The van der Waals surface area contributed by atoms with Gasteiger partial charge in [0.25, 0.3) is 0 Å². The normalized spacial score (nSPS) is 12.0. The van der Waals surface area contributed by atoms with Crippen LogP contribution in [0, 0.1) is 6.92 Å². The van der Waals surface area contributed by atoms with Crippen LogP contribution in [0.25, 0.3) is 0 Å². The van der Waals surface area contributed by atoms with Gasteiger partial charge < -0.3 is 10.0 Å². The van der Waals surface area contributed by atoms with Crippen molar-refractivity contribution in [1.29, 1.82) is 0 Å². The van der Waals surface area contributed by atoms with Crippen LogP contribution >= 0.6 is 11.8 Å². The average Bonchev–Trinajstić information content (AvgIpc) is 2.41. The maximum Gasteiger partial charge on any atom is 0.335 e. The van der Waals surface area contributed by atoms with Crippen molar-refractivity contribution in [3.8, 4) is 0 Å². The molecule has 0 aliphatic rings. The molecular formula is C15H21NO3S. The van der Waals surface area contributed by atoms with E-state index in [1.54, 1.807) is 24.0 Å². The van der Waals surface area contributed by atoms with E-state index >= 15 is 0 Å². The molecule has 0 heterocycles. The monoisotopic (exact) mass is 295 g/mol. The van der Waals surface area contributed by atoms with E-state index in [-0.39, 0.29) is 16.7 Å². The molecule has 0 saturated heterocycles. The second-order valence-corrected chi connectivity index (χ2v) is 5.97. The van der Waals surface area contributed by atoms with Crippen molar-refractivity contribution in [3.05, 3.63) is 29.3 Å². The summed E-state index contributed by atoms with van der Waals surface area (Å²) in [7, 11) is 0. The number of aromatic carboxylic acids is 1. The molecule has 0 saturated carbocycles. The maximum absolute atomic E-state index is 12.2. The second-order valence-electron chi connectivity index (χ2n) is 4.55. The fraction of sp³-hybridized carbons (Fsp3) is 0.467. The summed E-state index contributed by atoms with van der Waals surface area (Å²) < 4.78 is 0. The number of benzene rings is 1. The largest absolute Gasteiger partial charge is 0.478 e. The van der Waals surface area contributed by atoms with Crippen LogP contribution in [0.5, 0.6) is 0 Å². The van der Waals surface area contributed by atoms with Crippen molar-refractivity contribution in [3.63, 3.8) is 0 Å². The van der Waals surface area contributed by atoms with Gasteiger partial charge in [0.15, 0.2) is 0 Å². The molecule has 1 unspecified atom stereocenters. The lowest BCUT2D eigenvalue weighted by molar-refractivity contribution is -0.129. The third-order valence-electron chi connectivity index (χ3n) is 3.18. The van der Waals surface area contributed by atoms with Crippen LogP contribution in [0.4, 0.5) is 0 Å². The van der Waals surface area contributed by atoms with E-state index in [4.69, 9.17) is 5.11 Å². The predicted octanol–water partition coefficient (Wildman–Crippen LogP) is 3.04. The Hall–Kier alpha value is -1.49. The van der Waals surface area contributed by atoms with Gasteiger partial charge in [-0.1, -0.05) is 6.07 Å². The first-order valence-corrected chi connectivity index (χ1v) is 7.58. The van der Waals surface area contributed by atoms with Crippen molar-refractivity contribution in [2.75, 3.05) is 13.1 Å². The smallest absolute Gasteiger partial charge is 0.335 e. The van der Waals surface area contributed by atoms with Crippen molar-refractivity contribution in [2.45, 2.75) is 37.8 Å². The number of hydrogen-bond acceptors (Lipinski definition) is 3. The molecule has 0 fully saturated rings. The average molecular weight is 295 g/mol. The Bertz CT molecular complexity index is 498. The van der Waals surface area contributed by atoms with Crippen LogP contribution in [0.15, 0.2) is 23.1 Å². The highest BCUT2D eigenvalue weighted by Crippen LogP contribution is 2.26. The highest BCUT2D eigenvalue weighted by atomic mass is 32.2. The van der Waals surface area contributed by atoms with E-state index in [2.05, 4.69) is 0 Å². The molecule has 1 rings (SSSR count). The van der Waals surface area contributed by atoms with Crippen molar-refractivity contribution >= 4 is 23.6 Å². The SMILES string of the molecule is CCN(CC)C(=O)C(C)Sc1ccc(C)c(C(=O)O)c1. The van der Waals surface area contributed by atoms with E-state index < -0.39 is 5.97 Å². The van der Waals surface area contributed by atoms with Gasteiger partial charge in [0.1, 0.15) is 0 Å². The maximum atomic E-state index is 12.2. The molecule has 1 amide bonds. The molecule has 0 bridgehead atoms. The Balaban J connectivity index is 2.85. The minimum atomic E-state index is -0.937. The van der Waals surface area contributed by atoms with Crippen LogP contribution in [-0.2, 0) is 4.79 Å². The number of carboxylic acid groups (broad SMARTS) is 1. The standard InChI is InChI=1S/C15H21NO3S/c1-5-16(6-2)14(17)11(4)20-12-8-7-10(3)13(9-12)15(18)19/h7-9,11H,5-6H2,1-4H3,(H,18,19). The van der Waals surface area contributed by atoms with E-state index in [0.29, 0.717) is 13.1 Å². The summed E-state index contributed by atoms with van der Waals surface area (Å²) in [6.45, 7) is 8.90. The summed E-state index contributed by atoms with van der Waals surface area (Å²) in [4.78, 5) is 25.9. The first-order chi connectivity index (χ1) is 9.40. The van der Waals surface area contributed by atoms with Crippen LogP contribution in [0.1, 0.15) is 36.7 Å². The van der Waals surface area contributed by atoms with Crippen LogP contribution < -0.4 is 0 Å². The molecule has 0 aliphatic carbocycles. The van der Waals surface area contributed by atoms with E-state index in [9.17, 15) is 9.59 Å². The third-order valence-corrected chi connectivity index (χ3v) is 4.26. The summed E-state index contributed by atoms with van der Waals surface area (Å²) in [5.74, 6) is -0.856. The number of thioether (sulfide) groups is 1. The van der Waals surface area contributed by atoms with Crippen molar-refractivity contribution < 1.29 is 14.7 Å². The van der Waals surface area contributed by atoms with Crippen molar-refractivity contribution in [1.82, 2.24) is 4.90 Å². The topological polar surface area (TPSA) is 57.6 Å². The number of carbonyl (C=O) groups is 2. The Labute approximate surface area is 124 Å². The highest BCUT2D eigenvalue weighted by molar-refractivity contribution is 8.00. The van der Waals surface area contributed by atoms with Crippen molar-refractivity contribution in [2.24, 2.45) is 0 Å². The van der Waals surface area contributed by atoms with Gasteiger partial charge in [-0.05, 0) is 45.4 Å². The molecule has 0 aromatic heterocycles. The molecule has 1 aromatic rings. The minimum Gasteiger partial charge on any atom is -0.478 e. The number of nitrogens with zero attached hydrogens (tertiary/aromatic N) is 1. The zero-order chi connectivity index (χ0) is 15.3.